The maximum atomic E-state index is 11.8. The second kappa shape index (κ2) is 7.69. The van der Waals surface area contributed by atoms with E-state index >= 15 is 0 Å². The number of halogens is 1. The third-order valence-electron chi connectivity index (χ3n) is 2.51. The second-order valence-corrected chi connectivity index (χ2v) is 5.27. The van der Waals surface area contributed by atoms with Crippen LogP contribution in [0.3, 0.4) is 0 Å². The highest BCUT2D eigenvalue weighted by Gasteiger charge is 2.10. The molecule has 0 aliphatic rings. The number of amides is 1. The van der Waals surface area contributed by atoms with Crippen LogP contribution in [0.25, 0.3) is 0 Å². The molecule has 0 spiro atoms. The molecule has 2 N–H and O–H groups in total. The van der Waals surface area contributed by atoms with Gasteiger partial charge in [0.25, 0.3) is 5.91 Å². The van der Waals surface area contributed by atoms with Gasteiger partial charge in [-0.05, 0) is 38.9 Å². The largest absolute Gasteiger partial charge is 0.350 e. The topological polar surface area (TPSA) is 41.1 Å². The predicted octanol–water partition coefficient (Wildman–Crippen LogP) is 2.51. The molecule has 1 aromatic heterocycles. The fourth-order valence-electron chi connectivity index (χ4n) is 1.44. The number of rotatable bonds is 5. The predicted molar refractivity (Wildman–Crippen MR) is 76.5 cm³/mol. The lowest BCUT2D eigenvalue weighted by Crippen LogP contribution is -2.38. The molecule has 1 rings (SSSR count). The molecule has 17 heavy (non-hydrogen) atoms. The Bertz CT molecular complexity index is 346. The first kappa shape index (κ1) is 16.4. The lowest BCUT2D eigenvalue weighted by atomic mass is 10.2. The molecule has 0 bridgehead atoms. The van der Waals surface area contributed by atoms with Crippen molar-refractivity contribution in [3.05, 3.63) is 21.4 Å². The molecule has 0 fully saturated rings. The molecule has 0 radical (unpaired) electrons. The van der Waals surface area contributed by atoms with Crippen LogP contribution in [0.1, 0.15) is 34.0 Å². The summed E-state index contributed by atoms with van der Waals surface area (Å²) in [7, 11) is 0. The van der Waals surface area contributed by atoms with E-state index in [-0.39, 0.29) is 18.3 Å². The molecule has 1 amide bonds. The third kappa shape index (κ3) is 5.06. The van der Waals surface area contributed by atoms with Crippen LogP contribution in [0.4, 0.5) is 0 Å². The summed E-state index contributed by atoms with van der Waals surface area (Å²) in [6.45, 7) is 9.79. The average Bonchev–Trinajstić information content (AvgIpc) is 2.56. The zero-order valence-corrected chi connectivity index (χ0v) is 12.4. The first-order valence-corrected chi connectivity index (χ1v) is 6.44. The van der Waals surface area contributed by atoms with Crippen molar-refractivity contribution in [2.24, 2.45) is 0 Å². The molecule has 1 aromatic rings. The summed E-state index contributed by atoms with van der Waals surface area (Å²) < 4.78 is 0. The van der Waals surface area contributed by atoms with Gasteiger partial charge in [0.05, 0.1) is 4.88 Å². The molecular weight excluding hydrogens is 256 g/mol. The van der Waals surface area contributed by atoms with Crippen molar-refractivity contribution < 1.29 is 4.79 Å². The summed E-state index contributed by atoms with van der Waals surface area (Å²) in [5.41, 5.74) is 1.19. The van der Waals surface area contributed by atoms with E-state index in [1.165, 1.54) is 10.4 Å². The number of carbonyl (C=O) groups is 1. The molecule has 0 saturated heterocycles. The minimum atomic E-state index is 0. The first-order chi connectivity index (χ1) is 7.54. The van der Waals surface area contributed by atoms with Crippen molar-refractivity contribution in [2.75, 3.05) is 13.1 Å². The van der Waals surface area contributed by atoms with Gasteiger partial charge < -0.3 is 10.6 Å². The summed E-state index contributed by atoms with van der Waals surface area (Å²) in [5, 5.41) is 6.19. The molecule has 0 aliphatic heterocycles. The van der Waals surface area contributed by atoms with Gasteiger partial charge in [0.2, 0.25) is 0 Å². The van der Waals surface area contributed by atoms with Gasteiger partial charge in [-0.15, -0.1) is 23.7 Å². The summed E-state index contributed by atoms with van der Waals surface area (Å²) in [6.07, 6.45) is 0. The van der Waals surface area contributed by atoms with Crippen LogP contribution in [0.2, 0.25) is 0 Å². The van der Waals surface area contributed by atoms with Gasteiger partial charge in [-0.2, -0.15) is 0 Å². The van der Waals surface area contributed by atoms with Crippen LogP contribution in [0.15, 0.2) is 6.07 Å². The van der Waals surface area contributed by atoms with Gasteiger partial charge in [-0.3, -0.25) is 4.79 Å². The Hall–Kier alpha value is -0.580. The molecular formula is C12H21ClN2OS. The second-order valence-electron chi connectivity index (χ2n) is 4.02. The van der Waals surface area contributed by atoms with Crippen molar-refractivity contribution in [2.45, 2.75) is 33.7 Å². The van der Waals surface area contributed by atoms with E-state index in [2.05, 4.69) is 24.5 Å². The van der Waals surface area contributed by atoms with E-state index in [9.17, 15) is 4.79 Å². The number of hydrogen-bond donors (Lipinski definition) is 2. The van der Waals surface area contributed by atoms with E-state index in [4.69, 9.17) is 0 Å². The first-order valence-electron chi connectivity index (χ1n) is 5.63. The Labute approximate surface area is 113 Å². The van der Waals surface area contributed by atoms with Crippen LogP contribution >= 0.6 is 23.7 Å². The number of likely N-dealkylation sites (N-methyl/N-ethyl adjacent to an activating group) is 1. The Morgan fingerprint density at radius 1 is 1.47 bits per heavy atom. The van der Waals surface area contributed by atoms with Crippen LogP contribution in [0, 0.1) is 13.8 Å². The monoisotopic (exact) mass is 276 g/mol. The Balaban J connectivity index is 0.00000256. The van der Waals surface area contributed by atoms with Crippen molar-refractivity contribution in [3.8, 4) is 0 Å². The lowest BCUT2D eigenvalue weighted by Gasteiger charge is -2.12. The van der Waals surface area contributed by atoms with Gasteiger partial charge in [0, 0.05) is 17.5 Å². The summed E-state index contributed by atoms with van der Waals surface area (Å²) in [6, 6.07) is 2.27. The molecule has 0 aliphatic carbocycles. The molecule has 3 nitrogen and oxygen atoms in total. The third-order valence-corrected chi connectivity index (χ3v) is 3.66. The van der Waals surface area contributed by atoms with Crippen molar-refractivity contribution in [3.63, 3.8) is 0 Å². The van der Waals surface area contributed by atoms with Crippen LogP contribution in [-0.2, 0) is 0 Å². The number of nitrogens with one attached hydrogen (secondary N) is 2. The highest BCUT2D eigenvalue weighted by Crippen LogP contribution is 2.20. The minimum Gasteiger partial charge on any atom is -0.350 e. The fourth-order valence-corrected chi connectivity index (χ4v) is 2.39. The van der Waals surface area contributed by atoms with Crippen molar-refractivity contribution in [1.82, 2.24) is 10.6 Å². The van der Waals surface area contributed by atoms with Gasteiger partial charge in [0.1, 0.15) is 0 Å². The van der Waals surface area contributed by atoms with E-state index in [0.29, 0.717) is 12.6 Å². The fraction of sp³-hybridized carbons (Fsp3) is 0.583. The highest BCUT2D eigenvalue weighted by atomic mass is 35.5. The van der Waals surface area contributed by atoms with Crippen LogP contribution in [-0.4, -0.2) is 25.0 Å². The van der Waals surface area contributed by atoms with Crippen LogP contribution < -0.4 is 10.6 Å². The molecule has 1 atom stereocenters. The molecule has 1 heterocycles. The molecule has 5 heteroatoms. The quantitative estimate of drug-likeness (QED) is 0.868. The SMILES string of the molecule is CCN[C@H](C)CNC(=O)c1cc(C)c(C)s1.Cl. The highest BCUT2D eigenvalue weighted by molar-refractivity contribution is 7.14. The van der Waals surface area contributed by atoms with E-state index in [0.717, 1.165) is 11.4 Å². The summed E-state index contributed by atoms with van der Waals surface area (Å²) in [4.78, 5) is 13.8. The van der Waals surface area contributed by atoms with Crippen molar-refractivity contribution in [1.29, 1.82) is 0 Å². The van der Waals surface area contributed by atoms with Crippen LogP contribution in [0.5, 0.6) is 0 Å². The summed E-state index contributed by atoms with van der Waals surface area (Å²) >= 11 is 1.56. The smallest absolute Gasteiger partial charge is 0.261 e. The molecule has 0 unspecified atom stereocenters. The van der Waals surface area contributed by atoms with E-state index < -0.39 is 0 Å². The maximum absolute atomic E-state index is 11.8. The van der Waals surface area contributed by atoms with Gasteiger partial charge in [-0.25, -0.2) is 0 Å². The minimum absolute atomic E-state index is 0. The summed E-state index contributed by atoms with van der Waals surface area (Å²) in [5.74, 6) is 0.0333. The van der Waals surface area contributed by atoms with Gasteiger partial charge in [-0.1, -0.05) is 6.92 Å². The van der Waals surface area contributed by atoms with E-state index in [1.807, 2.05) is 19.9 Å². The Kier molecular flexibility index (Phi) is 7.43. The van der Waals surface area contributed by atoms with Gasteiger partial charge in [0.15, 0.2) is 0 Å². The van der Waals surface area contributed by atoms with E-state index in [1.54, 1.807) is 11.3 Å². The van der Waals surface area contributed by atoms with Crippen molar-refractivity contribution >= 4 is 29.7 Å². The Morgan fingerprint density at radius 3 is 2.59 bits per heavy atom. The average molecular weight is 277 g/mol. The molecule has 98 valence electrons. The molecule has 0 saturated carbocycles. The number of hydrogen-bond acceptors (Lipinski definition) is 3. The maximum Gasteiger partial charge on any atom is 0.261 e. The molecule has 0 aromatic carbocycles. The standard InChI is InChI=1S/C12H20N2OS.ClH/c1-5-13-9(3)7-14-12(15)11-6-8(2)10(4)16-11;/h6,9,13H,5,7H2,1-4H3,(H,14,15);1H/t9-;/m1./s1. The Morgan fingerprint density at radius 2 is 2.12 bits per heavy atom. The zero-order chi connectivity index (χ0) is 12.1. The zero-order valence-electron chi connectivity index (χ0n) is 10.8. The lowest BCUT2D eigenvalue weighted by molar-refractivity contribution is 0.0954. The number of thiophene rings is 1. The van der Waals surface area contributed by atoms with Gasteiger partial charge >= 0.3 is 0 Å². The number of carbonyl (C=O) groups excluding carboxylic acids is 1. The number of aryl methyl sites for hydroxylation is 2. The normalized spacial score (nSPS) is 11.8.